The number of aromatic carboxylic acids is 1. The molecule has 0 radical (unpaired) electrons. The van der Waals surface area contributed by atoms with Crippen molar-refractivity contribution < 1.29 is 14.7 Å². The van der Waals surface area contributed by atoms with Crippen LogP contribution in [-0.4, -0.2) is 17.0 Å². The van der Waals surface area contributed by atoms with Gasteiger partial charge in [0.05, 0.1) is 5.56 Å². The number of carbonyl (C=O) groups excluding carboxylic acids is 1. The number of anilines is 1. The average molecular weight is 231 g/mol. The minimum absolute atomic E-state index is 0.180. The Hall–Kier alpha value is -2.28. The van der Waals surface area contributed by atoms with E-state index < -0.39 is 5.97 Å². The van der Waals surface area contributed by atoms with Gasteiger partial charge in [0.1, 0.15) is 0 Å². The topological polar surface area (TPSA) is 66.4 Å². The molecule has 1 aromatic rings. The Morgan fingerprint density at radius 1 is 1.47 bits per heavy atom. The Labute approximate surface area is 99.7 Å². The first kappa shape index (κ1) is 12.8. The number of carbonyl (C=O) groups is 2. The van der Waals surface area contributed by atoms with Gasteiger partial charge in [0.25, 0.3) is 0 Å². The number of hydrogen-bond donors (Lipinski definition) is 2. The summed E-state index contributed by atoms with van der Waals surface area (Å²) in [5, 5.41) is 11.5. The predicted molar refractivity (Wildman–Crippen MR) is 64.8 cm³/mol. The standard InChI is InChI=1S/C13H13NO3/c1-3-4-5-12(15)14-10-7-6-9(2)11(8-10)13(16)17/h1,6-8H,4-5H2,2H3,(H,14,15)(H,16,17). The second-order valence-corrected chi connectivity index (χ2v) is 3.59. The van der Waals surface area contributed by atoms with Crippen LogP contribution in [0.3, 0.4) is 0 Å². The monoisotopic (exact) mass is 231 g/mol. The van der Waals surface area contributed by atoms with E-state index in [4.69, 9.17) is 11.5 Å². The summed E-state index contributed by atoms with van der Waals surface area (Å²) in [4.78, 5) is 22.3. The number of nitrogens with one attached hydrogen (secondary N) is 1. The molecule has 0 unspecified atom stereocenters. The van der Waals surface area contributed by atoms with E-state index in [1.54, 1.807) is 19.1 Å². The number of terminal acetylenes is 1. The third-order valence-electron chi connectivity index (χ3n) is 2.25. The lowest BCUT2D eigenvalue weighted by atomic mass is 10.1. The van der Waals surface area contributed by atoms with E-state index in [1.165, 1.54) is 6.07 Å². The van der Waals surface area contributed by atoms with Gasteiger partial charge in [-0.1, -0.05) is 6.07 Å². The molecular weight excluding hydrogens is 218 g/mol. The highest BCUT2D eigenvalue weighted by Crippen LogP contribution is 2.15. The van der Waals surface area contributed by atoms with Crippen LogP contribution in [0.25, 0.3) is 0 Å². The number of rotatable bonds is 4. The van der Waals surface area contributed by atoms with Crippen LogP contribution in [0.5, 0.6) is 0 Å². The molecule has 0 heterocycles. The molecule has 2 N–H and O–H groups in total. The van der Waals surface area contributed by atoms with Crippen molar-refractivity contribution in [3.05, 3.63) is 29.3 Å². The van der Waals surface area contributed by atoms with Crippen LogP contribution in [0.1, 0.15) is 28.8 Å². The lowest BCUT2D eigenvalue weighted by Gasteiger charge is -2.07. The van der Waals surface area contributed by atoms with Crippen molar-refractivity contribution in [3.8, 4) is 12.3 Å². The van der Waals surface area contributed by atoms with Crippen LogP contribution >= 0.6 is 0 Å². The molecule has 0 atom stereocenters. The summed E-state index contributed by atoms with van der Waals surface area (Å²) in [6.45, 7) is 1.70. The Morgan fingerprint density at radius 3 is 2.76 bits per heavy atom. The molecule has 88 valence electrons. The van der Waals surface area contributed by atoms with E-state index in [-0.39, 0.29) is 17.9 Å². The summed E-state index contributed by atoms with van der Waals surface area (Å²) in [6.07, 6.45) is 5.64. The largest absolute Gasteiger partial charge is 0.478 e. The van der Waals surface area contributed by atoms with Crippen molar-refractivity contribution in [3.63, 3.8) is 0 Å². The van der Waals surface area contributed by atoms with Crippen LogP contribution in [-0.2, 0) is 4.79 Å². The molecule has 1 amide bonds. The van der Waals surface area contributed by atoms with Gasteiger partial charge in [-0.15, -0.1) is 12.3 Å². The SMILES string of the molecule is C#CCCC(=O)Nc1ccc(C)c(C(=O)O)c1. The van der Waals surface area contributed by atoms with Crippen molar-refractivity contribution in [1.29, 1.82) is 0 Å². The highest BCUT2D eigenvalue weighted by atomic mass is 16.4. The fourth-order valence-corrected chi connectivity index (χ4v) is 1.34. The maximum absolute atomic E-state index is 11.4. The molecule has 0 spiro atoms. The first-order valence-electron chi connectivity index (χ1n) is 5.12. The zero-order valence-electron chi connectivity index (χ0n) is 9.49. The first-order chi connectivity index (χ1) is 8.04. The number of amides is 1. The van der Waals surface area contributed by atoms with E-state index in [1.807, 2.05) is 0 Å². The summed E-state index contributed by atoms with van der Waals surface area (Å²) < 4.78 is 0. The lowest BCUT2D eigenvalue weighted by Crippen LogP contribution is -2.11. The molecule has 0 fully saturated rings. The van der Waals surface area contributed by atoms with Crippen molar-refractivity contribution in [2.24, 2.45) is 0 Å². The van der Waals surface area contributed by atoms with Crippen LogP contribution < -0.4 is 5.32 Å². The number of carboxylic acids is 1. The number of carboxylic acid groups (broad SMARTS) is 1. The van der Waals surface area contributed by atoms with Gasteiger partial charge in [-0.25, -0.2) is 4.79 Å². The minimum Gasteiger partial charge on any atom is -0.478 e. The van der Waals surface area contributed by atoms with E-state index in [0.717, 1.165) is 0 Å². The molecule has 0 saturated carbocycles. The van der Waals surface area contributed by atoms with Crippen LogP contribution in [0.2, 0.25) is 0 Å². The van der Waals surface area contributed by atoms with Crippen molar-refractivity contribution in [2.75, 3.05) is 5.32 Å². The zero-order valence-corrected chi connectivity index (χ0v) is 9.49. The van der Waals surface area contributed by atoms with Gasteiger partial charge in [-0.2, -0.15) is 0 Å². The van der Waals surface area contributed by atoms with Gasteiger partial charge in [0, 0.05) is 18.5 Å². The molecule has 0 aromatic heterocycles. The Morgan fingerprint density at radius 2 is 2.18 bits per heavy atom. The molecule has 0 aliphatic heterocycles. The summed E-state index contributed by atoms with van der Waals surface area (Å²) in [5.74, 6) is 1.14. The van der Waals surface area contributed by atoms with Gasteiger partial charge >= 0.3 is 5.97 Å². The second-order valence-electron chi connectivity index (χ2n) is 3.59. The summed E-state index contributed by atoms with van der Waals surface area (Å²) >= 11 is 0. The lowest BCUT2D eigenvalue weighted by molar-refractivity contribution is -0.116. The molecule has 1 aromatic carbocycles. The molecule has 4 nitrogen and oxygen atoms in total. The maximum Gasteiger partial charge on any atom is 0.336 e. The van der Waals surface area contributed by atoms with Crippen molar-refractivity contribution in [2.45, 2.75) is 19.8 Å². The van der Waals surface area contributed by atoms with E-state index in [9.17, 15) is 9.59 Å². The Bertz CT molecular complexity index is 486. The predicted octanol–water partition coefficient (Wildman–Crippen LogP) is 2.05. The Kier molecular flexibility index (Phi) is 4.29. The smallest absolute Gasteiger partial charge is 0.336 e. The molecular formula is C13H13NO3. The molecule has 17 heavy (non-hydrogen) atoms. The number of benzene rings is 1. The molecule has 0 aliphatic rings. The highest BCUT2D eigenvalue weighted by molar-refractivity contribution is 5.94. The molecule has 4 heteroatoms. The molecule has 0 saturated heterocycles. The van der Waals surface area contributed by atoms with Crippen molar-refractivity contribution >= 4 is 17.6 Å². The fourth-order valence-electron chi connectivity index (χ4n) is 1.34. The molecule has 0 aliphatic carbocycles. The summed E-state index contributed by atoms with van der Waals surface area (Å²) in [6, 6.07) is 4.75. The second kappa shape index (κ2) is 5.71. The Balaban J connectivity index is 2.80. The minimum atomic E-state index is -1.01. The highest BCUT2D eigenvalue weighted by Gasteiger charge is 2.09. The van der Waals surface area contributed by atoms with E-state index in [2.05, 4.69) is 11.2 Å². The third-order valence-corrected chi connectivity index (χ3v) is 2.25. The molecule has 0 bridgehead atoms. The number of hydrogen-bond acceptors (Lipinski definition) is 2. The van der Waals surface area contributed by atoms with E-state index in [0.29, 0.717) is 17.7 Å². The van der Waals surface area contributed by atoms with Gasteiger partial charge in [0.15, 0.2) is 0 Å². The summed E-state index contributed by atoms with van der Waals surface area (Å²) in [5.41, 5.74) is 1.30. The van der Waals surface area contributed by atoms with Gasteiger partial charge in [-0.3, -0.25) is 4.79 Å². The first-order valence-corrected chi connectivity index (χ1v) is 5.12. The maximum atomic E-state index is 11.4. The van der Waals surface area contributed by atoms with E-state index >= 15 is 0 Å². The normalized spacial score (nSPS) is 9.41. The molecule has 1 rings (SSSR count). The summed E-state index contributed by atoms with van der Waals surface area (Å²) in [7, 11) is 0. The fraction of sp³-hybridized carbons (Fsp3) is 0.231. The van der Waals surface area contributed by atoms with Crippen LogP contribution in [0, 0.1) is 19.3 Å². The van der Waals surface area contributed by atoms with Gasteiger partial charge < -0.3 is 10.4 Å². The van der Waals surface area contributed by atoms with Crippen LogP contribution in [0.15, 0.2) is 18.2 Å². The number of aryl methyl sites for hydroxylation is 1. The van der Waals surface area contributed by atoms with Crippen molar-refractivity contribution in [1.82, 2.24) is 0 Å². The third kappa shape index (κ3) is 3.65. The quantitative estimate of drug-likeness (QED) is 0.779. The average Bonchev–Trinajstić information content (AvgIpc) is 2.28. The van der Waals surface area contributed by atoms with Gasteiger partial charge in [-0.05, 0) is 24.6 Å². The zero-order chi connectivity index (χ0) is 12.8. The van der Waals surface area contributed by atoms with Gasteiger partial charge in [0.2, 0.25) is 5.91 Å². The van der Waals surface area contributed by atoms with Crippen LogP contribution in [0.4, 0.5) is 5.69 Å².